The summed E-state index contributed by atoms with van der Waals surface area (Å²) in [5, 5.41) is 0. The van der Waals surface area contributed by atoms with E-state index in [9.17, 15) is 13.2 Å². The molecule has 1 atom stereocenters. The average Bonchev–Trinajstić information content (AvgIpc) is 3.04. The van der Waals surface area contributed by atoms with Crippen LogP contribution >= 0.6 is 0 Å². The van der Waals surface area contributed by atoms with Crippen molar-refractivity contribution < 1.29 is 13.2 Å². The van der Waals surface area contributed by atoms with Gasteiger partial charge in [-0.05, 0) is 69.6 Å². The van der Waals surface area contributed by atoms with Crippen molar-refractivity contribution in [3.63, 3.8) is 0 Å². The Hall–Kier alpha value is -4.80. The first-order valence-electron chi connectivity index (χ1n) is 13.7. The molecule has 0 aromatic heterocycles. The second kappa shape index (κ2) is 9.99. The molecule has 2 aliphatic rings. The van der Waals surface area contributed by atoms with Gasteiger partial charge in [-0.1, -0.05) is 115 Å². The molecule has 41 heavy (non-hydrogen) atoms. The highest BCUT2D eigenvalue weighted by Gasteiger charge is 2.35. The van der Waals surface area contributed by atoms with E-state index in [2.05, 4.69) is 18.2 Å². The minimum Gasteiger partial charge on any atom is -0.289 e. The molecule has 0 N–H and O–H groups in total. The highest BCUT2D eigenvalue weighted by molar-refractivity contribution is 7.91. The summed E-state index contributed by atoms with van der Waals surface area (Å²) in [6.45, 7) is 0. The fraction of sp³-hybridized carbons (Fsp3) is 0.0541. The van der Waals surface area contributed by atoms with Gasteiger partial charge in [0.2, 0.25) is 9.84 Å². The van der Waals surface area contributed by atoms with Gasteiger partial charge < -0.3 is 0 Å². The molecular formula is C37H26O3S. The lowest BCUT2D eigenvalue weighted by molar-refractivity contribution is 0.103. The number of fused-ring (bicyclic) bond motifs is 2. The summed E-state index contributed by atoms with van der Waals surface area (Å²) >= 11 is 0. The number of carbonyl (C=O) groups excluding carboxylic acids is 1. The number of carbonyl (C=O) groups is 1. The van der Waals surface area contributed by atoms with Crippen LogP contribution in [0.5, 0.6) is 0 Å². The molecule has 0 amide bonds. The standard InChI is InChI=1S/C37H26O3S/c38-37-33-21-19-27(31-17-9-7-15-29(31)25-11-3-1-4-12-25)23-35(33)41(39,40)36-24-28(20-22-34(36)37)32-18-10-8-16-30(32)26-13-5-2-6-14-26/h1-13,15-24,26H,14H2/t26-/m0/s1. The minimum absolute atomic E-state index is 0.0566. The lowest BCUT2D eigenvalue weighted by Gasteiger charge is -2.22. The average molecular weight is 551 g/mol. The highest BCUT2D eigenvalue weighted by Crippen LogP contribution is 2.41. The van der Waals surface area contributed by atoms with Crippen LogP contribution in [0.2, 0.25) is 0 Å². The predicted octanol–water partition coefficient (Wildman–Crippen LogP) is 8.66. The second-order valence-electron chi connectivity index (χ2n) is 10.4. The van der Waals surface area contributed by atoms with Crippen molar-refractivity contribution in [2.75, 3.05) is 0 Å². The molecule has 0 saturated carbocycles. The fourth-order valence-electron chi connectivity index (χ4n) is 5.96. The molecular weight excluding hydrogens is 524 g/mol. The number of hydrogen-bond acceptors (Lipinski definition) is 3. The van der Waals surface area contributed by atoms with Gasteiger partial charge in [-0.15, -0.1) is 0 Å². The van der Waals surface area contributed by atoms with E-state index in [1.807, 2.05) is 97.1 Å². The minimum atomic E-state index is -3.96. The number of ketones is 1. The molecule has 0 unspecified atom stereocenters. The summed E-state index contributed by atoms with van der Waals surface area (Å²) < 4.78 is 28.4. The summed E-state index contributed by atoms with van der Waals surface area (Å²) in [5.41, 5.74) is 7.02. The highest BCUT2D eigenvalue weighted by atomic mass is 32.2. The van der Waals surface area contributed by atoms with Crippen molar-refractivity contribution in [1.82, 2.24) is 0 Å². The number of rotatable bonds is 4. The van der Waals surface area contributed by atoms with Crippen molar-refractivity contribution >= 4 is 15.6 Å². The van der Waals surface area contributed by atoms with Crippen LogP contribution < -0.4 is 0 Å². The second-order valence-corrected chi connectivity index (χ2v) is 12.3. The quantitative estimate of drug-likeness (QED) is 0.221. The Morgan fingerprint density at radius 1 is 0.537 bits per heavy atom. The molecule has 1 aliphatic heterocycles. The first-order valence-corrected chi connectivity index (χ1v) is 15.2. The zero-order chi connectivity index (χ0) is 28.0. The van der Waals surface area contributed by atoms with Crippen molar-refractivity contribution in [3.8, 4) is 33.4 Å². The van der Waals surface area contributed by atoms with Crippen LogP contribution in [0.15, 0.2) is 149 Å². The molecule has 0 radical (unpaired) electrons. The molecule has 0 spiro atoms. The zero-order valence-corrected chi connectivity index (χ0v) is 23.0. The SMILES string of the molecule is O=C1c2ccc(-c3ccccc3-c3ccccc3)cc2S(=O)(=O)c2cc(-c3ccccc3[C@H]3C=CC=CC3)ccc21. The van der Waals surface area contributed by atoms with Crippen molar-refractivity contribution in [2.45, 2.75) is 22.1 Å². The van der Waals surface area contributed by atoms with Crippen LogP contribution in [-0.4, -0.2) is 14.2 Å². The summed E-state index contributed by atoms with van der Waals surface area (Å²) in [4.78, 5) is 13.7. The van der Waals surface area contributed by atoms with E-state index in [1.165, 1.54) is 0 Å². The summed E-state index contributed by atoms with van der Waals surface area (Å²) in [6, 6.07) is 36.4. The number of allylic oxidation sites excluding steroid dienone is 4. The first kappa shape index (κ1) is 25.2. The number of hydrogen-bond donors (Lipinski definition) is 0. The van der Waals surface area contributed by atoms with Gasteiger partial charge in [0.05, 0.1) is 9.79 Å². The van der Waals surface area contributed by atoms with Crippen LogP contribution in [0.3, 0.4) is 0 Å². The third kappa shape index (κ3) is 4.28. The van der Waals surface area contributed by atoms with Crippen LogP contribution in [-0.2, 0) is 9.84 Å². The van der Waals surface area contributed by atoms with Gasteiger partial charge in [0.25, 0.3) is 0 Å². The third-order valence-corrected chi connectivity index (χ3v) is 9.84. The Morgan fingerprint density at radius 3 is 1.73 bits per heavy atom. The van der Waals surface area contributed by atoms with Gasteiger partial charge in [0, 0.05) is 17.0 Å². The lowest BCUT2D eigenvalue weighted by atomic mass is 9.86. The van der Waals surface area contributed by atoms with E-state index in [4.69, 9.17) is 0 Å². The molecule has 1 heterocycles. The molecule has 5 aromatic rings. The van der Waals surface area contributed by atoms with Crippen molar-refractivity contribution in [1.29, 1.82) is 0 Å². The Labute approximate surface area is 240 Å². The molecule has 0 bridgehead atoms. The molecule has 198 valence electrons. The van der Waals surface area contributed by atoms with Crippen molar-refractivity contribution in [3.05, 3.63) is 156 Å². The maximum atomic E-state index is 14.2. The molecule has 4 heteroatoms. The van der Waals surface area contributed by atoms with E-state index < -0.39 is 9.84 Å². The van der Waals surface area contributed by atoms with Crippen LogP contribution in [0.25, 0.3) is 33.4 Å². The van der Waals surface area contributed by atoms with E-state index in [1.54, 1.807) is 24.3 Å². The fourth-order valence-corrected chi connectivity index (χ4v) is 7.66. The normalized spacial score (nSPS) is 16.7. The van der Waals surface area contributed by atoms with Gasteiger partial charge in [-0.2, -0.15) is 0 Å². The monoisotopic (exact) mass is 550 g/mol. The molecule has 3 nitrogen and oxygen atoms in total. The lowest BCUT2D eigenvalue weighted by Crippen LogP contribution is -2.20. The molecule has 0 saturated heterocycles. The van der Waals surface area contributed by atoms with Crippen LogP contribution in [0.1, 0.15) is 33.8 Å². The Balaban J connectivity index is 1.35. The number of sulfone groups is 1. The molecule has 5 aromatic carbocycles. The van der Waals surface area contributed by atoms with E-state index in [0.717, 1.165) is 45.4 Å². The summed E-state index contributed by atoms with van der Waals surface area (Å²) in [7, 11) is -3.96. The Morgan fingerprint density at radius 2 is 1.10 bits per heavy atom. The summed E-state index contributed by atoms with van der Waals surface area (Å²) in [6.07, 6.45) is 9.28. The first-order chi connectivity index (χ1) is 20.0. The van der Waals surface area contributed by atoms with E-state index in [0.29, 0.717) is 0 Å². The predicted molar refractivity (Wildman–Crippen MR) is 164 cm³/mol. The largest absolute Gasteiger partial charge is 0.289 e. The molecule has 7 rings (SSSR count). The Kier molecular flexibility index (Phi) is 6.14. The Bertz CT molecular complexity index is 2000. The van der Waals surface area contributed by atoms with Crippen molar-refractivity contribution in [2.24, 2.45) is 0 Å². The maximum absolute atomic E-state index is 14.2. The van der Waals surface area contributed by atoms with E-state index in [-0.39, 0.29) is 32.6 Å². The van der Waals surface area contributed by atoms with Crippen LogP contribution in [0, 0.1) is 0 Å². The smallest absolute Gasteiger partial charge is 0.208 e. The number of benzene rings is 5. The third-order valence-electron chi connectivity index (χ3n) is 8.01. The molecule has 1 aliphatic carbocycles. The van der Waals surface area contributed by atoms with Gasteiger partial charge in [0.1, 0.15) is 0 Å². The van der Waals surface area contributed by atoms with Gasteiger partial charge in [0.15, 0.2) is 5.78 Å². The van der Waals surface area contributed by atoms with Gasteiger partial charge >= 0.3 is 0 Å². The maximum Gasteiger partial charge on any atom is 0.208 e. The van der Waals surface area contributed by atoms with E-state index >= 15 is 0 Å². The van der Waals surface area contributed by atoms with Gasteiger partial charge in [-0.3, -0.25) is 4.79 Å². The summed E-state index contributed by atoms with van der Waals surface area (Å²) in [5.74, 6) is -0.0636. The molecule has 0 fully saturated rings. The zero-order valence-electron chi connectivity index (χ0n) is 22.2. The van der Waals surface area contributed by atoms with Gasteiger partial charge in [-0.25, -0.2) is 8.42 Å². The van der Waals surface area contributed by atoms with Crippen LogP contribution in [0.4, 0.5) is 0 Å². The topological polar surface area (TPSA) is 51.2 Å².